The average molecular weight is 378 g/mol. The number of anilines is 1. The highest BCUT2D eigenvalue weighted by molar-refractivity contribution is 5.83. The topological polar surface area (TPSA) is 3.24 Å². The lowest BCUT2D eigenvalue weighted by molar-refractivity contribution is 1.10. The second-order valence-electron chi connectivity index (χ2n) is 6.83. The first-order valence-corrected chi connectivity index (χ1v) is 9.81. The zero-order valence-corrected chi connectivity index (χ0v) is 17.2. The minimum absolute atomic E-state index is 0.913. The molecule has 0 amide bonds. The van der Waals surface area contributed by atoms with Gasteiger partial charge in [0.05, 0.1) is 5.69 Å². The molecule has 0 bridgehead atoms. The van der Waals surface area contributed by atoms with Gasteiger partial charge in [-0.25, -0.2) is 0 Å². The average Bonchev–Trinajstić information content (AvgIpc) is 2.75. The molecule has 3 aromatic carbocycles. The molecule has 0 spiro atoms. The van der Waals surface area contributed by atoms with E-state index in [9.17, 15) is 0 Å². The SMILES string of the molecule is C=C/C=C(\C)N(C(=C)/C=C\C)c1ccccc1-c1ccc(-c2ccccc2)cc1. The molecule has 0 saturated heterocycles. The Morgan fingerprint density at radius 3 is 2.03 bits per heavy atom. The van der Waals surface area contributed by atoms with Crippen LogP contribution in [-0.2, 0) is 0 Å². The Morgan fingerprint density at radius 2 is 1.38 bits per heavy atom. The second kappa shape index (κ2) is 9.57. The minimum atomic E-state index is 0.913. The molecule has 3 rings (SSSR count). The fourth-order valence-corrected chi connectivity index (χ4v) is 3.47. The summed E-state index contributed by atoms with van der Waals surface area (Å²) in [6, 6.07) is 27.6. The van der Waals surface area contributed by atoms with Crippen molar-refractivity contribution >= 4 is 5.69 Å². The molecular formula is C28H27N. The normalized spacial score (nSPS) is 11.4. The molecule has 3 aromatic rings. The van der Waals surface area contributed by atoms with Gasteiger partial charge in [0.1, 0.15) is 0 Å². The summed E-state index contributed by atoms with van der Waals surface area (Å²) in [6.45, 7) is 12.2. The van der Waals surface area contributed by atoms with Crippen LogP contribution in [0, 0.1) is 0 Å². The zero-order valence-electron chi connectivity index (χ0n) is 17.2. The Kier molecular flexibility index (Phi) is 6.65. The molecule has 0 heterocycles. The van der Waals surface area contributed by atoms with Gasteiger partial charge in [0.2, 0.25) is 0 Å². The van der Waals surface area contributed by atoms with Crippen LogP contribution in [0.25, 0.3) is 22.3 Å². The summed E-state index contributed by atoms with van der Waals surface area (Å²) < 4.78 is 0. The van der Waals surface area contributed by atoms with Crippen molar-refractivity contribution in [1.82, 2.24) is 0 Å². The Labute approximate surface area is 174 Å². The highest BCUT2D eigenvalue weighted by Crippen LogP contribution is 2.36. The molecule has 0 fully saturated rings. The number of hydrogen-bond acceptors (Lipinski definition) is 1. The van der Waals surface area contributed by atoms with Crippen LogP contribution < -0.4 is 4.90 Å². The Bertz CT molecular complexity index is 1040. The van der Waals surface area contributed by atoms with E-state index in [1.54, 1.807) is 0 Å². The number of rotatable bonds is 7. The van der Waals surface area contributed by atoms with Gasteiger partial charge in [0, 0.05) is 17.0 Å². The molecule has 0 saturated carbocycles. The van der Waals surface area contributed by atoms with Gasteiger partial charge in [-0.3, -0.25) is 0 Å². The van der Waals surface area contributed by atoms with Gasteiger partial charge < -0.3 is 4.90 Å². The Hall–Kier alpha value is -3.58. The maximum atomic E-state index is 4.28. The number of nitrogens with zero attached hydrogens (tertiary/aromatic N) is 1. The van der Waals surface area contributed by atoms with Crippen molar-refractivity contribution in [3.05, 3.63) is 128 Å². The predicted octanol–water partition coefficient (Wildman–Crippen LogP) is 8.01. The summed E-state index contributed by atoms with van der Waals surface area (Å²) in [6.07, 6.45) is 7.84. The van der Waals surface area contributed by atoms with Crippen LogP contribution in [0.2, 0.25) is 0 Å². The van der Waals surface area contributed by atoms with Gasteiger partial charge in [-0.05, 0) is 48.8 Å². The van der Waals surface area contributed by atoms with E-state index in [-0.39, 0.29) is 0 Å². The molecule has 0 radical (unpaired) electrons. The van der Waals surface area contributed by atoms with Crippen LogP contribution in [0.1, 0.15) is 13.8 Å². The van der Waals surface area contributed by atoms with Crippen molar-refractivity contribution in [2.75, 3.05) is 4.90 Å². The van der Waals surface area contributed by atoms with Gasteiger partial charge in [0.15, 0.2) is 0 Å². The summed E-state index contributed by atoms with van der Waals surface area (Å²) in [5.41, 5.74) is 7.84. The van der Waals surface area contributed by atoms with Gasteiger partial charge in [-0.1, -0.05) is 98.1 Å². The molecule has 1 heteroatoms. The zero-order chi connectivity index (χ0) is 20.6. The molecule has 0 aromatic heterocycles. The lowest BCUT2D eigenvalue weighted by Gasteiger charge is -2.28. The highest BCUT2D eigenvalue weighted by atomic mass is 15.1. The fourth-order valence-electron chi connectivity index (χ4n) is 3.47. The van der Waals surface area contributed by atoms with E-state index in [0.717, 1.165) is 22.6 Å². The van der Waals surface area contributed by atoms with Crippen LogP contribution in [0.5, 0.6) is 0 Å². The van der Waals surface area contributed by atoms with Crippen molar-refractivity contribution in [3.8, 4) is 22.3 Å². The largest absolute Gasteiger partial charge is 0.314 e. The summed E-state index contributed by atoms with van der Waals surface area (Å²) in [5.74, 6) is 0. The third-order valence-electron chi connectivity index (χ3n) is 4.81. The predicted molar refractivity (Wildman–Crippen MR) is 128 cm³/mol. The van der Waals surface area contributed by atoms with Gasteiger partial charge in [0.25, 0.3) is 0 Å². The molecule has 0 atom stereocenters. The molecule has 144 valence electrons. The number of hydrogen-bond donors (Lipinski definition) is 0. The lowest BCUT2D eigenvalue weighted by atomic mass is 9.98. The summed E-state index contributed by atoms with van der Waals surface area (Å²) >= 11 is 0. The van der Waals surface area contributed by atoms with Crippen molar-refractivity contribution in [2.45, 2.75) is 13.8 Å². The van der Waals surface area contributed by atoms with E-state index >= 15 is 0 Å². The van der Waals surface area contributed by atoms with E-state index in [1.165, 1.54) is 16.7 Å². The van der Waals surface area contributed by atoms with Crippen molar-refractivity contribution in [1.29, 1.82) is 0 Å². The fraction of sp³-hybridized carbons (Fsp3) is 0.0714. The monoisotopic (exact) mass is 377 g/mol. The molecule has 0 aliphatic rings. The molecule has 0 unspecified atom stereocenters. The maximum absolute atomic E-state index is 4.28. The Morgan fingerprint density at radius 1 is 0.793 bits per heavy atom. The summed E-state index contributed by atoms with van der Waals surface area (Å²) in [4.78, 5) is 2.17. The van der Waals surface area contributed by atoms with Gasteiger partial charge >= 0.3 is 0 Å². The van der Waals surface area contributed by atoms with Gasteiger partial charge in [-0.2, -0.15) is 0 Å². The molecule has 29 heavy (non-hydrogen) atoms. The van der Waals surface area contributed by atoms with Crippen molar-refractivity contribution in [2.24, 2.45) is 0 Å². The van der Waals surface area contributed by atoms with E-state index in [0.29, 0.717) is 0 Å². The lowest BCUT2D eigenvalue weighted by Crippen LogP contribution is -2.19. The molecule has 0 N–H and O–H groups in total. The van der Waals surface area contributed by atoms with Crippen LogP contribution >= 0.6 is 0 Å². The molecule has 1 nitrogen and oxygen atoms in total. The van der Waals surface area contributed by atoms with E-state index in [1.807, 2.05) is 37.3 Å². The molecule has 0 aliphatic heterocycles. The third kappa shape index (κ3) is 4.64. The molecule has 0 aliphatic carbocycles. The number of allylic oxidation sites excluding steroid dienone is 5. The Balaban J connectivity index is 2.07. The van der Waals surface area contributed by atoms with Crippen LogP contribution in [0.4, 0.5) is 5.69 Å². The van der Waals surface area contributed by atoms with E-state index in [2.05, 4.69) is 97.8 Å². The smallest absolute Gasteiger partial charge is 0.0536 e. The quantitative estimate of drug-likeness (QED) is 0.377. The number of benzene rings is 3. The summed E-state index contributed by atoms with van der Waals surface area (Å²) in [7, 11) is 0. The minimum Gasteiger partial charge on any atom is -0.314 e. The third-order valence-corrected chi connectivity index (χ3v) is 4.81. The van der Waals surface area contributed by atoms with Crippen LogP contribution in [0.15, 0.2) is 128 Å². The van der Waals surface area contributed by atoms with Crippen LogP contribution in [-0.4, -0.2) is 0 Å². The van der Waals surface area contributed by atoms with E-state index in [4.69, 9.17) is 0 Å². The first-order valence-electron chi connectivity index (χ1n) is 9.81. The standard InChI is InChI=1S/C28H27N/c1-5-12-22(3)29(23(4)13-6-2)28-17-11-10-16-27(28)26-20-18-25(19-21-26)24-14-8-7-9-15-24/h5-21H,1,4H2,2-3H3/b13-6-,22-12+. The maximum Gasteiger partial charge on any atom is 0.0536 e. The second-order valence-corrected chi connectivity index (χ2v) is 6.83. The van der Waals surface area contributed by atoms with Crippen molar-refractivity contribution < 1.29 is 0 Å². The van der Waals surface area contributed by atoms with Crippen LogP contribution in [0.3, 0.4) is 0 Å². The van der Waals surface area contributed by atoms with Gasteiger partial charge in [-0.15, -0.1) is 0 Å². The number of para-hydroxylation sites is 1. The molecular weight excluding hydrogens is 350 g/mol. The first-order chi connectivity index (χ1) is 14.2. The van der Waals surface area contributed by atoms with Crippen molar-refractivity contribution in [3.63, 3.8) is 0 Å². The summed E-state index contributed by atoms with van der Waals surface area (Å²) in [5, 5.41) is 0. The van der Waals surface area contributed by atoms with E-state index < -0.39 is 0 Å². The first kappa shape index (κ1) is 20.2. The highest BCUT2D eigenvalue weighted by Gasteiger charge is 2.15.